The first-order valence-electron chi connectivity index (χ1n) is 5.37. The van der Waals surface area contributed by atoms with Crippen LogP contribution in [0.3, 0.4) is 0 Å². The van der Waals surface area contributed by atoms with E-state index >= 15 is 0 Å². The fraction of sp³-hybridized carbons (Fsp3) is 0.182. The number of carbonyl (C=O) groups is 1. The Bertz CT molecular complexity index is 646. The van der Waals surface area contributed by atoms with Gasteiger partial charge in [0.1, 0.15) is 5.76 Å². The van der Waals surface area contributed by atoms with E-state index < -0.39 is 10.5 Å². The molecule has 0 aliphatic heterocycles. The van der Waals surface area contributed by atoms with Crippen molar-refractivity contribution in [2.75, 3.05) is 0 Å². The fourth-order valence-electron chi connectivity index (χ4n) is 2.04. The van der Waals surface area contributed by atoms with Gasteiger partial charge in [-0.3, -0.25) is 4.79 Å². The highest BCUT2D eigenvalue weighted by Crippen LogP contribution is 2.31. The fourth-order valence-corrected chi connectivity index (χ4v) is 2.04. The molecule has 19 heavy (non-hydrogen) atoms. The van der Waals surface area contributed by atoms with Gasteiger partial charge in [0, 0.05) is 11.5 Å². The molecule has 4 N–H and O–H groups in total. The van der Waals surface area contributed by atoms with Crippen LogP contribution in [0.5, 0.6) is 0 Å². The van der Waals surface area contributed by atoms with Gasteiger partial charge < -0.3 is 14.8 Å². The SMILES string of the molecule is CC(=O)c1c(C)oc2c([NH+]([O-])O)cc([NH+]([O-])O)cc12. The summed E-state index contributed by atoms with van der Waals surface area (Å²) in [6, 6.07) is 2.26. The molecule has 2 unspecified atom stereocenters. The largest absolute Gasteiger partial charge is 0.595 e. The van der Waals surface area contributed by atoms with E-state index in [2.05, 4.69) is 0 Å². The van der Waals surface area contributed by atoms with Crippen LogP contribution in [0, 0.1) is 17.3 Å². The number of Topliss-reactive ketones (excluding diaryl/α,β-unsaturated/α-hetero) is 1. The highest BCUT2D eigenvalue weighted by atomic mass is 16.8. The third-order valence-electron chi connectivity index (χ3n) is 2.79. The Morgan fingerprint density at radius 2 is 1.89 bits per heavy atom. The van der Waals surface area contributed by atoms with E-state index in [1.54, 1.807) is 0 Å². The summed E-state index contributed by atoms with van der Waals surface area (Å²) in [5.74, 6) is -0.0392. The number of benzene rings is 1. The third kappa shape index (κ3) is 2.24. The molecule has 0 aliphatic carbocycles. The van der Waals surface area contributed by atoms with Crippen molar-refractivity contribution in [3.63, 3.8) is 0 Å². The molecule has 2 atom stereocenters. The highest BCUT2D eigenvalue weighted by molar-refractivity contribution is 6.09. The van der Waals surface area contributed by atoms with E-state index in [0.29, 0.717) is 0 Å². The monoisotopic (exact) mass is 268 g/mol. The highest BCUT2D eigenvalue weighted by Gasteiger charge is 2.23. The lowest BCUT2D eigenvalue weighted by molar-refractivity contribution is -0.995. The quantitative estimate of drug-likeness (QED) is 0.449. The molecule has 0 saturated carbocycles. The number of nitrogens with one attached hydrogen (secondary N) is 2. The molecule has 1 aromatic heterocycles. The van der Waals surface area contributed by atoms with E-state index in [1.165, 1.54) is 19.9 Å². The van der Waals surface area contributed by atoms with Crippen molar-refractivity contribution in [2.24, 2.45) is 0 Å². The lowest BCUT2D eigenvalue weighted by atomic mass is 10.1. The summed E-state index contributed by atoms with van der Waals surface area (Å²) in [6.45, 7) is 2.84. The van der Waals surface area contributed by atoms with Gasteiger partial charge in [-0.15, -0.1) is 0 Å². The van der Waals surface area contributed by atoms with Crippen LogP contribution in [0.4, 0.5) is 11.4 Å². The zero-order valence-electron chi connectivity index (χ0n) is 10.2. The summed E-state index contributed by atoms with van der Waals surface area (Å²) >= 11 is 0. The molecule has 8 heteroatoms. The van der Waals surface area contributed by atoms with E-state index in [-0.39, 0.29) is 39.5 Å². The number of aryl methyl sites for hydroxylation is 1. The van der Waals surface area contributed by atoms with Crippen molar-refractivity contribution in [1.29, 1.82) is 0 Å². The second-order valence-corrected chi connectivity index (χ2v) is 4.10. The van der Waals surface area contributed by atoms with E-state index in [9.17, 15) is 15.2 Å². The number of fused-ring (bicyclic) bond motifs is 1. The Morgan fingerprint density at radius 3 is 2.37 bits per heavy atom. The summed E-state index contributed by atoms with van der Waals surface area (Å²) in [4.78, 5) is 11.5. The summed E-state index contributed by atoms with van der Waals surface area (Å²) in [6.07, 6.45) is 0. The van der Waals surface area contributed by atoms with Crippen LogP contribution < -0.4 is 10.5 Å². The lowest BCUT2D eigenvalue weighted by Gasteiger charge is -2.15. The predicted octanol–water partition coefficient (Wildman–Crippen LogP) is -0.249. The van der Waals surface area contributed by atoms with Gasteiger partial charge in [0.15, 0.2) is 17.1 Å². The Hall–Kier alpha value is -1.81. The summed E-state index contributed by atoms with van der Waals surface area (Å²) in [5, 5.41) is 37.8. The van der Waals surface area contributed by atoms with Gasteiger partial charge >= 0.3 is 0 Å². The number of rotatable bonds is 3. The van der Waals surface area contributed by atoms with Crippen molar-refractivity contribution < 1.29 is 30.1 Å². The van der Waals surface area contributed by atoms with Gasteiger partial charge in [-0.25, -0.2) is 10.4 Å². The molecule has 0 bridgehead atoms. The Morgan fingerprint density at radius 1 is 1.26 bits per heavy atom. The van der Waals surface area contributed by atoms with Crippen LogP contribution >= 0.6 is 0 Å². The number of hydrogen-bond acceptors (Lipinski definition) is 6. The smallest absolute Gasteiger partial charge is 0.213 e. The molecular weight excluding hydrogens is 256 g/mol. The molecule has 0 radical (unpaired) electrons. The predicted molar refractivity (Wildman–Crippen MR) is 62.5 cm³/mol. The summed E-state index contributed by atoms with van der Waals surface area (Å²) < 4.78 is 5.29. The zero-order chi connectivity index (χ0) is 14.3. The van der Waals surface area contributed by atoms with Crippen LogP contribution in [0.25, 0.3) is 11.0 Å². The van der Waals surface area contributed by atoms with Crippen LogP contribution in [0.2, 0.25) is 0 Å². The Kier molecular flexibility index (Phi) is 3.37. The first-order valence-corrected chi connectivity index (χ1v) is 5.37. The van der Waals surface area contributed by atoms with Gasteiger partial charge in [0.05, 0.1) is 11.6 Å². The molecule has 1 heterocycles. The second-order valence-electron chi connectivity index (χ2n) is 4.10. The van der Waals surface area contributed by atoms with E-state index in [0.717, 1.165) is 6.07 Å². The van der Waals surface area contributed by atoms with Gasteiger partial charge in [-0.1, -0.05) is 0 Å². The number of ketones is 1. The third-order valence-corrected chi connectivity index (χ3v) is 2.79. The molecule has 2 rings (SSSR count). The van der Waals surface area contributed by atoms with Crippen LogP contribution in [-0.2, 0) is 0 Å². The Labute approximate surface area is 107 Å². The number of quaternary nitrogens is 2. The maximum absolute atomic E-state index is 11.5. The average molecular weight is 268 g/mol. The van der Waals surface area contributed by atoms with Crippen molar-refractivity contribution in [3.05, 3.63) is 33.9 Å². The molecular formula is C11H12N2O6. The molecule has 0 saturated heterocycles. The first kappa shape index (κ1) is 13.6. The van der Waals surface area contributed by atoms with Gasteiger partial charge in [0.2, 0.25) is 5.69 Å². The van der Waals surface area contributed by atoms with Gasteiger partial charge in [-0.05, 0) is 13.8 Å². The number of carbonyl (C=O) groups excluding carboxylic acids is 1. The van der Waals surface area contributed by atoms with Crippen molar-refractivity contribution in [3.8, 4) is 0 Å². The molecule has 0 fully saturated rings. The van der Waals surface area contributed by atoms with Crippen molar-refractivity contribution >= 4 is 28.1 Å². The zero-order valence-corrected chi connectivity index (χ0v) is 10.2. The van der Waals surface area contributed by atoms with Crippen molar-refractivity contribution in [1.82, 2.24) is 0 Å². The molecule has 0 aliphatic rings. The van der Waals surface area contributed by atoms with Gasteiger partial charge in [0.25, 0.3) is 0 Å². The molecule has 0 spiro atoms. The van der Waals surface area contributed by atoms with E-state index in [1.807, 2.05) is 0 Å². The minimum Gasteiger partial charge on any atom is -0.595 e. The number of hydrogen-bond donors (Lipinski definition) is 4. The number of furan rings is 1. The normalized spacial score (nSPS) is 14.6. The second kappa shape index (κ2) is 4.70. The standard InChI is InChI=1S/C11H12N2O6/c1-5(14)10-6(2)19-11-8(10)3-7(12(15)16)4-9(11)13(17)18/h3-4,12-13,15,17H,1-2H3. The maximum Gasteiger partial charge on any atom is 0.213 e. The molecule has 8 nitrogen and oxygen atoms in total. The molecule has 102 valence electrons. The van der Waals surface area contributed by atoms with Crippen LogP contribution in [-0.4, -0.2) is 16.2 Å². The average Bonchev–Trinajstić information content (AvgIpc) is 2.62. The van der Waals surface area contributed by atoms with Crippen LogP contribution in [0.15, 0.2) is 16.5 Å². The summed E-state index contributed by atoms with van der Waals surface area (Å²) in [7, 11) is 0. The van der Waals surface area contributed by atoms with Crippen molar-refractivity contribution in [2.45, 2.75) is 13.8 Å². The topological polar surface area (TPSA) is 126 Å². The molecule has 1 aromatic carbocycles. The lowest BCUT2D eigenvalue weighted by Crippen LogP contribution is -3.00. The van der Waals surface area contributed by atoms with Crippen LogP contribution in [0.1, 0.15) is 23.0 Å². The Balaban J connectivity index is 2.87. The molecule has 0 amide bonds. The first-order chi connectivity index (χ1) is 8.82. The maximum atomic E-state index is 11.5. The van der Waals surface area contributed by atoms with Gasteiger partial charge in [-0.2, -0.15) is 10.5 Å². The summed E-state index contributed by atoms with van der Waals surface area (Å²) in [5.41, 5.74) is -0.250. The minimum absolute atomic E-state index is 0.0141. The minimum atomic E-state index is -1.31. The molecule has 2 aromatic rings. The van der Waals surface area contributed by atoms with E-state index in [4.69, 9.17) is 14.8 Å².